The van der Waals surface area contributed by atoms with Crippen LogP contribution >= 0.6 is 0 Å². The van der Waals surface area contributed by atoms with Gasteiger partial charge >= 0.3 is 0 Å². The maximum Gasteiger partial charge on any atom is 0.256 e. The van der Waals surface area contributed by atoms with Crippen molar-refractivity contribution < 1.29 is 17.9 Å². The van der Waals surface area contributed by atoms with Crippen LogP contribution < -0.4 is 15.4 Å². The number of unbranched alkanes of at least 4 members (excludes halogenated alkanes) is 1. The first-order valence-electron chi connectivity index (χ1n) is 8.60. The normalized spacial score (nSPS) is 17.2. The fourth-order valence-electron chi connectivity index (χ4n) is 2.81. The highest BCUT2D eigenvalue weighted by molar-refractivity contribution is 7.89. The van der Waals surface area contributed by atoms with Gasteiger partial charge in [-0.05, 0) is 50.6 Å². The second-order valence-corrected chi connectivity index (χ2v) is 7.95. The van der Waals surface area contributed by atoms with Crippen LogP contribution in [0, 0.1) is 0 Å². The Balaban J connectivity index is 2.12. The Kier molecular flexibility index (Phi) is 6.95. The fourth-order valence-corrected chi connectivity index (χ4v) is 3.93. The summed E-state index contributed by atoms with van der Waals surface area (Å²) < 4.78 is 32.7. The molecule has 1 heterocycles. The second-order valence-electron chi connectivity index (χ2n) is 6.18. The van der Waals surface area contributed by atoms with Gasteiger partial charge in [-0.1, -0.05) is 19.4 Å². The van der Waals surface area contributed by atoms with Crippen molar-refractivity contribution in [3.05, 3.63) is 24.3 Å². The lowest BCUT2D eigenvalue weighted by atomic mass is 9.91. The molecule has 0 bridgehead atoms. The molecule has 1 aromatic carbocycles. The Hall–Kier alpha value is -1.48. The van der Waals surface area contributed by atoms with E-state index in [1.165, 1.54) is 19.2 Å². The van der Waals surface area contributed by atoms with Crippen LogP contribution in [0.2, 0.25) is 0 Å². The van der Waals surface area contributed by atoms with Crippen LogP contribution in [-0.4, -0.2) is 46.7 Å². The third-order valence-electron chi connectivity index (χ3n) is 4.44. The number of amides is 1. The number of rotatable bonds is 8. The molecule has 1 aliphatic rings. The van der Waals surface area contributed by atoms with Gasteiger partial charge in [0.25, 0.3) is 5.91 Å². The number of hydrogen-bond donors (Lipinski definition) is 3. The number of ether oxygens (including phenoxy) is 1. The van der Waals surface area contributed by atoms with E-state index in [4.69, 9.17) is 4.74 Å². The number of carbonyl (C=O) groups is 1. The topological polar surface area (TPSA) is 96.5 Å². The molecule has 0 radical (unpaired) electrons. The molecule has 1 saturated heterocycles. The van der Waals surface area contributed by atoms with Crippen LogP contribution in [0.4, 0.5) is 5.69 Å². The number of nitrogens with one attached hydrogen (secondary N) is 3. The standard InChI is InChI=1S/C17H27N3O4S/c1-3-4-10-19-25(22,23)15-7-5-6-14(13-15)20-16(21)17(24-2)8-11-18-12-9-17/h5-7,13,18-19H,3-4,8-12H2,1-2H3,(H,20,21). The van der Waals surface area contributed by atoms with Gasteiger partial charge in [-0.25, -0.2) is 13.1 Å². The highest BCUT2D eigenvalue weighted by atomic mass is 32.2. The molecule has 0 spiro atoms. The smallest absolute Gasteiger partial charge is 0.256 e. The minimum Gasteiger partial charge on any atom is -0.368 e. The molecule has 8 heteroatoms. The van der Waals surface area contributed by atoms with Gasteiger partial charge in [0.2, 0.25) is 10.0 Å². The van der Waals surface area contributed by atoms with Gasteiger partial charge in [0.05, 0.1) is 4.90 Å². The zero-order chi connectivity index (χ0) is 18.3. The van der Waals surface area contributed by atoms with Crippen molar-refractivity contribution in [3.8, 4) is 0 Å². The third kappa shape index (κ3) is 5.01. The predicted molar refractivity (Wildman–Crippen MR) is 97.0 cm³/mol. The van der Waals surface area contributed by atoms with Gasteiger partial charge in [-0.15, -0.1) is 0 Å². The van der Waals surface area contributed by atoms with Crippen LogP contribution in [0.15, 0.2) is 29.2 Å². The van der Waals surface area contributed by atoms with Gasteiger partial charge < -0.3 is 15.4 Å². The zero-order valence-electron chi connectivity index (χ0n) is 14.8. The monoisotopic (exact) mass is 369 g/mol. The van der Waals surface area contributed by atoms with E-state index >= 15 is 0 Å². The molecular weight excluding hydrogens is 342 g/mol. The molecule has 0 saturated carbocycles. The minimum absolute atomic E-state index is 0.137. The summed E-state index contributed by atoms with van der Waals surface area (Å²) in [6.45, 7) is 3.81. The largest absolute Gasteiger partial charge is 0.368 e. The number of piperidine rings is 1. The summed E-state index contributed by atoms with van der Waals surface area (Å²) in [4.78, 5) is 12.8. The Morgan fingerprint density at radius 2 is 2.04 bits per heavy atom. The third-order valence-corrected chi connectivity index (χ3v) is 5.90. The summed E-state index contributed by atoms with van der Waals surface area (Å²) >= 11 is 0. The number of anilines is 1. The number of hydrogen-bond acceptors (Lipinski definition) is 5. The molecule has 0 aromatic heterocycles. The summed E-state index contributed by atoms with van der Waals surface area (Å²) in [6.07, 6.45) is 2.84. The van der Waals surface area contributed by atoms with Gasteiger partial charge in [-0.3, -0.25) is 4.79 Å². The van der Waals surface area contributed by atoms with Crippen molar-refractivity contribution in [1.82, 2.24) is 10.0 Å². The number of methoxy groups -OCH3 is 1. The average molecular weight is 369 g/mol. The highest BCUT2D eigenvalue weighted by Crippen LogP contribution is 2.25. The fraction of sp³-hybridized carbons (Fsp3) is 0.588. The SMILES string of the molecule is CCCCNS(=O)(=O)c1cccc(NC(=O)C2(OC)CCNCC2)c1. The molecular formula is C17H27N3O4S. The molecule has 1 aliphatic heterocycles. The molecule has 2 rings (SSSR count). The summed E-state index contributed by atoms with van der Waals surface area (Å²) in [5.41, 5.74) is -0.433. The second kappa shape index (κ2) is 8.75. The number of benzene rings is 1. The van der Waals surface area contributed by atoms with Gasteiger partial charge in [-0.2, -0.15) is 0 Å². The molecule has 0 unspecified atom stereocenters. The Labute approximate surface area is 149 Å². The molecule has 0 atom stereocenters. The summed E-state index contributed by atoms with van der Waals surface area (Å²) in [6, 6.07) is 6.27. The van der Waals surface area contributed by atoms with E-state index in [0.717, 1.165) is 12.8 Å². The summed E-state index contributed by atoms with van der Waals surface area (Å²) in [5, 5.41) is 6.00. The zero-order valence-corrected chi connectivity index (χ0v) is 15.6. The van der Waals surface area contributed by atoms with Crippen molar-refractivity contribution in [2.75, 3.05) is 32.1 Å². The molecule has 25 heavy (non-hydrogen) atoms. The molecule has 0 aliphatic carbocycles. The Bertz CT molecular complexity index is 685. The lowest BCUT2D eigenvalue weighted by Crippen LogP contribution is -2.51. The van der Waals surface area contributed by atoms with Crippen LogP contribution in [0.5, 0.6) is 0 Å². The number of carbonyl (C=O) groups excluding carboxylic acids is 1. The van der Waals surface area contributed by atoms with Crippen molar-refractivity contribution in [1.29, 1.82) is 0 Å². The summed E-state index contributed by atoms with van der Waals surface area (Å²) in [5.74, 6) is -0.245. The molecule has 140 valence electrons. The van der Waals surface area contributed by atoms with E-state index < -0.39 is 15.6 Å². The van der Waals surface area contributed by atoms with Crippen molar-refractivity contribution in [2.45, 2.75) is 43.1 Å². The van der Waals surface area contributed by atoms with E-state index in [1.807, 2.05) is 6.92 Å². The van der Waals surface area contributed by atoms with Crippen LogP contribution in [0.1, 0.15) is 32.6 Å². The van der Waals surface area contributed by atoms with E-state index in [0.29, 0.717) is 38.2 Å². The number of sulfonamides is 1. The minimum atomic E-state index is -3.58. The molecule has 1 fully saturated rings. The first-order chi connectivity index (χ1) is 11.9. The van der Waals surface area contributed by atoms with E-state index in [2.05, 4.69) is 15.4 Å². The molecule has 1 aromatic rings. The first-order valence-corrected chi connectivity index (χ1v) is 10.1. The average Bonchev–Trinajstić information content (AvgIpc) is 2.62. The van der Waals surface area contributed by atoms with Crippen molar-refractivity contribution >= 4 is 21.6 Å². The quantitative estimate of drug-likeness (QED) is 0.603. The first kappa shape index (κ1) is 19.8. The van der Waals surface area contributed by atoms with E-state index in [9.17, 15) is 13.2 Å². The lowest BCUT2D eigenvalue weighted by Gasteiger charge is -2.34. The van der Waals surface area contributed by atoms with Crippen molar-refractivity contribution in [2.24, 2.45) is 0 Å². The molecule has 7 nitrogen and oxygen atoms in total. The van der Waals surface area contributed by atoms with E-state index in [-0.39, 0.29) is 10.8 Å². The van der Waals surface area contributed by atoms with Crippen LogP contribution in [-0.2, 0) is 19.6 Å². The van der Waals surface area contributed by atoms with Crippen LogP contribution in [0.3, 0.4) is 0 Å². The molecule has 3 N–H and O–H groups in total. The van der Waals surface area contributed by atoms with Crippen LogP contribution in [0.25, 0.3) is 0 Å². The van der Waals surface area contributed by atoms with Gasteiger partial charge in [0, 0.05) is 19.3 Å². The maximum atomic E-state index is 12.7. The van der Waals surface area contributed by atoms with Crippen molar-refractivity contribution in [3.63, 3.8) is 0 Å². The molecule has 1 amide bonds. The Morgan fingerprint density at radius 3 is 2.68 bits per heavy atom. The highest BCUT2D eigenvalue weighted by Gasteiger charge is 2.39. The van der Waals surface area contributed by atoms with Gasteiger partial charge in [0.1, 0.15) is 5.60 Å². The predicted octanol–water partition coefficient (Wildman–Crippen LogP) is 1.47. The lowest BCUT2D eigenvalue weighted by molar-refractivity contribution is -0.140. The van der Waals surface area contributed by atoms with E-state index in [1.54, 1.807) is 12.1 Å². The summed E-state index contributed by atoms with van der Waals surface area (Å²) in [7, 11) is -2.05. The van der Waals surface area contributed by atoms with Gasteiger partial charge in [0.15, 0.2) is 0 Å². The Morgan fingerprint density at radius 1 is 1.32 bits per heavy atom. The maximum absolute atomic E-state index is 12.7.